The summed E-state index contributed by atoms with van der Waals surface area (Å²) < 4.78 is 0. The fraction of sp³-hybridized carbons (Fsp3) is 0.500. The molecule has 1 aromatic rings. The fourth-order valence-corrected chi connectivity index (χ4v) is 2.36. The number of aliphatic hydroxyl groups excluding tert-OH is 1. The van der Waals surface area contributed by atoms with Gasteiger partial charge in [0, 0.05) is 12.2 Å². The van der Waals surface area contributed by atoms with Crippen molar-refractivity contribution in [1.29, 1.82) is 0 Å². The van der Waals surface area contributed by atoms with Gasteiger partial charge in [0.15, 0.2) is 0 Å². The van der Waals surface area contributed by atoms with Crippen LogP contribution in [0.3, 0.4) is 0 Å². The van der Waals surface area contributed by atoms with E-state index in [1.807, 2.05) is 24.3 Å². The molecule has 0 radical (unpaired) electrons. The largest absolute Gasteiger partial charge is 0.392 e. The van der Waals surface area contributed by atoms with Gasteiger partial charge in [0.1, 0.15) is 0 Å². The van der Waals surface area contributed by atoms with Gasteiger partial charge in [0.25, 0.3) is 0 Å². The van der Waals surface area contributed by atoms with E-state index in [9.17, 15) is 4.79 Å². The highest BCUT2D eigenvalue weighted by Gasteiger charge is 2.39. The van der Waals surface area contributed by atoms with Crippen molar-refractivity contribution < 1.29 is 9.90 Å². The van der Waals surface area contributed by atoms with Gasteiger partial charge in [0.2, 0.25) is 5.91 Å². The number of rotatable bonds is 4. The van der Waals surface area contributed by atoms with Crippen molar-refractivity contribution in [2.24, 2.45) is 5.41 Å². The smallest absolute Gasteiger partial charge is 0.231 e. The maximum absolute atomic E-state index is 12.3. The van der Waals surface area contributed by atoms with Gasteiger partial charge >= 0.3 is 0 Å². The van der Waals surface area contributed by atoms with E-state index >= 15 is 0 Å². The lowest BCUT2D eigenvalue weighted by molar-refractivity contribution is -0.124. The summed E-state index contributed by atoms with van der Waals surface area (Å²) in [6.07, 6.45) is 1.74. The summed E-state index contributed by atoms with van der Waals surface area (Å²) in [6, 6.07) is 7.30. The predicted molar refractivity (Wildman–Crippen MR) is 71.2 cm³/mol. The van der Waals surface area contributed by atoms with Crippen LogP contribution in [0.4, 0.5) is 5.69 Å². The van der Waals surface area contributed by atoms with Crippen molar-refractivity contribution in [1.82, 2.24) is 5.32 Å². The molecule has 0 spiro atoms. The molecule has 1 amide bonds. The molecule has 98 valence electrons. The van der Waals surface area contributed by atoms with Crippen molar-refractivity contribution >= 4 is 11.6 Å². The van der Waals surface area contributed by atoms with Crippen LogP contribution in [0.1, 0.15) is 25.3 Å². The molecule has 3 N–H and O–H groups in total. The predicted octanol–water partition coefficient (Wildman–Crippen LogP) is 1.51. The summed E-state index contributed by atoms with van der Waals surface area (Å²) >= 11 is 0. The summed E-state index contributed by atoms with van der Waals surface area (Å²) in [6.45, 7) is 3.74. The van der Waals surface area contributed by atoms with E-state index in [0.29, 0.717) is 0 Å². The second kappa shape index (κ2) is 5.50. The minimum absolute atomic E-state index is 0.0248. The molecule has 2 rings (SSSR count). The van der Waals surface area contributed by atoms with Gasteiger partial charge in [-0.1, -0.05) is 19.1 Å². The number of aliphatic hydroxyl groups is 1. The zero-order chi connectivity index (χ0) is 13.0. The zero-order valence-corrected chi connectivity index (χ0v) is 10.7. The molecule has 1 aromatic carbocycles. The lowest BCUT2D eigenvalue weighted by atomic mass is 9.83. The van der Waals surface area contributed by atoms with Crippen molar-refractivity contribution in [2.75, 3.05) is 18.4 Å². The van der Waals surface area contributed by atoms with Gasteiger partial charge in [-0.25, -0.2) is 0 Å². The molecule has 1 aliphatic rings. The first-order valence-electron chi connectivity index (χ1n) is 6.42. The third-order valence-corrected chi connectivity index (χ3v) is 3.80. The maximum atomic E-state index is 12.3. The molecule has 4 nitrogen and oxygen atoms in total. The van der Waals surface area contributed by atoms with Crippen LogP contribution in [0.2, 0.25) is 0 Å². The minimum atomic E-state index is -0.268. The van der Waals surface area contributed by atoms with E-state index in [1.165, 1.54) is 0 Å². The van der Waals surface area contributed by atoms with Crippen LogP contribution in [0.5, 0.6) is 0 Å². The van der Waals surface area contributed by atoms with Crippen molar-refractivity contribution in [3.8, 4) is 0 Å². The van der Waals surface area contributed by atoms with Gasteiger partial charge < -0.3 is 15.7 Å². The van der Waals surface area contributed by atoms with Crippen molar-refractivity contribution in [3.63, 3.8) is 0 Å². The third kappa shape index (κ3) is 2.54. The molecule has 1 aliphatic heterocycles. The van der Waals surface area contributed by atoms with Gasteiger partial charge in [-0.05, 0) is 37.1 Å². The molecule has 4 heteroatoms. The molecule has 1 unspecified atom stereocenters. The molecule has 1 fully saturated rings. The summed E-state index contributed by atoms with van der Waals surface area (Å²) in [4.78, 5) is 12.3. The first-order chi connectivity index (χ1) is 8.70. The number of anilines is 1. The topological polar surface area (TPSA) is 61.4 Å². The lowest BCUT2D eigenvalue weighted by Crippen LogP contribution is -2.37. The number of nitrogens with one attached hydrogen (secondary N) is 2. The Morgan fingerprint density at radius 3 is 2.67 bits per heavy atom. The number of benzene rings is 1. The Balaban J connectivity index is 2.05. The molecule has 18 heavy (non-hydrogen) atoms. The Kier molecular flexibility index (Phi) is 3.99. The van der Waals surface area contributed by atoms with Crippen LogP contribution in [-0.2, 0) is 11.4 Å². The summed E-state index contributed by atoms with van der Waals surface area (Å²) in [7, 11) is 0. The fourth-order valence-electron chi connectivity index (χ4n) is 2.36. The average molecular weight is 248 g/mol. The first-order valence-corrected chi connectivity index (χ1v) is 6.42. The molecular formula is C14H20N2O2. The second-order valence-electron chi connectivity index (χ2n) is 4.87. The van der Waals surface area contributed by atoms with Crippen molar-refractivity contribution in [2.45, 2.75) is 26.4 Å². The molecule has 0 saturated carbocycles. The number of carbonyl (C=O) groups excluding carboxylic acids is 1. The molecule has 0 aromatic heterocycles. The number of hydrogen-bond donors (Lipinski definition) is 3. The Hall–Kier alpha value is -1.39. The van der Waals surface area contributed by atoms with E-state index < -0.39 is 0 Å². The van der Waals surface area contributed by atoms with Gasteiger partial charge in [-0.2, -0.15) is 0 Å². The van der Waals surface area contributed by atoms with E-state index in [0.717, 1.165) is 37.2 Å². The summed E-state index contributed by atoms with van der Waals surface area (Å²) in [5.74, 6) is 0.0896. The van der Waals surface area contributed by atoms with Gasteiger partial charge in [-0.15, -0.1) is 0 Å². The molecule has 1 heterocycles. The van der Waals surface area contributed by atoms with Crippen LogP contribution in [-0.4, -0.2) is 24.1 Å². The van der Waals surface area contributed by atoms with Crippen LogP contribution >= 0.6 is 0 Å². The van der Waals surface area contributed by atoms with Crippen LogP contribution < -0.4 is 10.6 Å². The molecule has 0 bridgehead atoms. The Labute approximate surface area is 107 Å². The van der Waals surface area contributed by atoms with Crippen LogP contribution in [0.15, 0.2) is 24.3 Å². The highest BCUT2D eigenvalue weighted by atomic mass is 16.3. The lowest BCUT2D eigenvalue weighted by Gasteiger charge is -2.25. The Morgan fingerprint density at radius 2 is 2.17 bits per heavy atom. The average Bonchev–Trinajstić information content (AvgIpc) is 2.89. The standard InChI is InChI=1S/C14H20N2O2/c1-2-14(7-8-15-10-14)13(18)16-12-5-3-11(9-17)4-6-12/h3-6,15,17H,2,7-10H2,1H3,(H,16,18). The van der Waals surface area contributed by atoms with E-state index in [1.54, 1.807) is 0 Å². The van der Waals surface area contributed by atoms with Crippen LogP contribution in [0.25, 0.3) is 0 Å². The Morgan fingerprint density at radius 1 is 1.44 bits per heavy atom. The number of amides is 1. The van der Waals surface area contributed by atoms with Crippen molar-refractivity contribution in [3.05, 3.63) is 29.8 Å². The third-order valence-electron chi connectivity index (χ3n) is 3.80. The summed E-state index contributed by atoms with van der Waals surface area (Å²) in [5.41, 5.74) is 1.37. The highest BCUT2D eigenvalue weighted by molar-refractivity contribution is 5.95. The SMILES string of the molecule is CCC1(C(=O)Nc2ccc(CO)cc2)CCNC1. The van der Waals surface area contributed by atoms with Gasteiger partial charge in [0.05, 0.1) is 12.0 Å². The second-order valence-corrected chi connectivity index (χ2v) is 4.87. The Bertz CT molecular complexity index is 408. The van der Waals surface area contributed by atoms with E-state index in [4.69, 9.17) is 5.11 Å². The molecule has 0 aliphatic carbocycles. The first kappa shape index (κ1) is 13.1. The molecule has 1 atom stereocenters. The maximum Gasteiger partial charge on any atom is 0.231 e. The zero-order valence-electron chi connectivity index (χ0n) is 10.7. The number of carbonyl (C=O) groups is 1. The number of hydrogen-bond acceptors (Lipinski definition) is 3. The minimum Gasteiger partial charge on any atom is -0.392 e. The molecular weight excluding hydrogens is 228 g/mol. The quantitative estimate of drug-likeness (QED) is 0.757. The van der Waals surface area contributed by atoms with E-state index in [2.05, 4.69) is 17.6 Å². The van der Waals surface area contributed by atoms with Crippen LogP contribution in [0, 0.1) is 5.41 Å². The monoisotopic (exact) mass is 248 g/mol. The highest BCUT2D eigenvalue weighted by Crippen LogP contribution is 2.30. The van der Waals surface area contributed by atoms with E-state index in [-0.39, 0.29) is 17.9 Å². The normalized spacial score (nSPS) is 23.0. The summed E-state index contributed by atoms with van der Waals surface area (Å²) in [5, 5.41) is 15.2. The van der Waals surface area contributed by atoms with Gasteiger partial charge in [-0.3, -0.25) is 4.79 Å². The molecule has 1 saturated heterocycles.